The topological polar surface area (TPSA) is 163 Å². The zero-order chi connectivity index (χ0) is 18.2. The summed E-state index contributed by atoms with van der Waals surface area (Å²) in [7, 11) is 1.20. The SMILES string of the molecule is COc1c(O)ccc(-c2c(C(=O)O)c(N)[nH]c(=O)c2C(=O)O)c1Cl. The lowest BCUT2D eigenvalue weighted by atomic mass is 9.95. The number of benzene rings is 1. The molecule has 1 aromatic heterocycles. The van der Waals surface area contributed by atoms with Crippen LogP contribution < -0.4 is 16.0 Å². The largest absolute Gasteiger partial charge is 0.504 e. The smallest absolute Gasteiger partial charge is 0.342 e. The Bertz CT molecular complexity index is 920. The second-order valence-electron chi connectivity index (χ2n) is 4.58. The molecule has 1 heterocycles. The average Bonchev–Trinajstić information content (AvgIpc) is 2.46. The molecule has 0 saturated carbocycles. The maximum absolute atomic E-state index is 12.0. The highest BCUT2D eigenvalue weighted by atomic mass is 35.5. The molecule has 24 heavy (non-hydrogen) atoms. The molecule has 0 aliphatic heterocycles. The number of aromatic nitrogens is 1. The van der Waals surface area contributed by atoms with E-state index in [4.69, 9.17) is 22.1 Å². The Kier molecular flexibility index (Phi) is 4.38. The number of phenolic OH excluding ortho intramolecular Hbond substituents is 1. The third-order valence-corrected chi connectivity index (χ3v) is 3.60. The number of hydrogen-bond donors (Lipinski definition) is 5. The van der Waals surface area contributed by atoms with Crippen molar-refractivity contribution in [2.75, 3.05) is 12.8 Å². The number of nitrogens with one attached hydrogen (secondary N) is 1. The number of halogens is 1. The van der Waals surface area contributed by atoms with Gasteiger partial charge in [-0.2, -0.15) is 0 Å². The molecule has 2 aromatic rings. The van der Waals surface area contributed by atoms with Crippen LogP contribution in [0.25, 0.3) is 11.1 Å². The van der Waals surface area contributed by atoms with E-state index in [1.165, 1.54) is 7.11 Å². The molecule has 0 saturated heterocycles. The standard InChI is InChI=1S/C14H11ClN2O7/c1-24-10-5(18)3-2-4(9(10)15)6-7(13(20)21)11(16)17-12(19)8(6)14(22)23/h2-3,18H,1H3,(H,20,21)(H,22,23)(H3,16,17,19). The monoisotopic (exact) mass is 354 g/mol. The quantitative estimate of drug-likeness (QED) is 0.549. The second kappa shape index (κ2) is 6.13. The molecule has 126 valence electrons. The van der Waals surface area contributed by atoms with Gasteiger partial charge in [0.15, 0.2) is 11.5 Å². The van der Waals surface area contributed by atoms with Crippen molar-refractivity contribution in [2.45, 2.75) is 0 Å². The fraction of sp³-hybridized carbons (Fsp3) is 0.0714. The minimum absolute atomic E-state index is 0.140. The Morgan fingerprint density at radius 3 is 2.29 bits per heavy atom. The Labute approximate surface area is 138 Å². The molecular weight excluding hydrogens is 344 g/mol. The lowest BCUT2D eigenvalue weighted by Gasteiger charge is -2.15. The summed E-state index contributed by atoms with van der Waals surface area (Å²) < 4.78 is 4.91. The first-order chi connectivity index (χ1) is 11.2. The van der Waals surface area contributed by atoms with Gasteiger partial charge in [-0.25, -0.2) is 9.59 Å². The molecule has 0 fully saturated rings. The van der Waals surface area contributed by atoms with Crippen LogP contribution in [0.4, 0.5) is 5.82 Å². The summed E-state index contributed by atoms with van der Waals surface area (Å²) in [5, 5.41) is 28.1. The number of aromatic carboxylic acids is 2. The van der Waals surface area contributed by atoms with E-state index in [-0.39, 0.29) is 22.1 Å². The predicted octanol–water partition coefficient (Wildman–Crippen LogP) is 1.39. The predicted molar refractivity (Wildman–Crippen MR) is 84.1 cm³/mol. The molecule has 0 aliphatic carbocycles. The minimum Gasteiger partial charge on any atom is -0.504 e. The average molecular weight is 355 g/mol. The number of methoxy groups -OCH3 is 1. The van der Waals surface area contributed by atoms with E-state index in [1.807, 2.05) is 4.98 Å². The van der Waals surface area contributed by atoms with E-state index in [1.54, 1.807) is 0 Å². The molecule has 0 unspecified atom stereocenters. The summed E-state index contributed by atoms with van der Waals surface area (Å²) in [5.74, 6) is -4.32. The van der Waals surface area contributed by atoms with Gasteiger partial charge < -0.3 is 30.8 Å². The van der Waals surface area contributed by atoms with Crippen molar-refractivity contribution in [3.8, 4) is 22.6 Å². The molecule has 0 amide bonds. The number of aromatic amines is 1. The van der Waals surface area contributed by atoms with Crippen molar-refractivity contribution in [2.24, 2.45) is 0 Å². The van der Waals surface area contributed by atoms with Gasteiger partial charge in [0.05, 0.1) is 12.1 Å². The number of phenols is 1. The van der Waals surface area contributed by atoms with Gasteiger partial charge in [-0.1, -0.05) is 11.6 Å². The lowest BCUT2D eigenvalue weighted by Crippen LogP contribution is -2.24. The zero-order valence-corrected chi connectivity index (χ0v) is 12.8. The number of pyridine rings is 1. The van der Waals surface area contributed by atoms with E-state index >= 15 is 0 Å². The number of nitrogen functional groups attached to an aromatic ring is 1. The van der Waals surface area contributed by atoms with Crippen LogP contribution in [0.3, 0.4) is 0 Å². The van der Waals surface area contributed by atoms with Crippen molar-refractivity contribution < 1.29 is 29.6 Å². The molecule has 2 rings (SSSR count). The van der Waals surface area contributed by atoms with Crippen molar-refractivity contribution in [3.05, 3.63) is 38.6 Å². The molecule has 10 heteroatoms. The van der Waals surface area contributed by atoms with E-state index in [0.29, 0.717) is 0 Å². The van der Waals surface area contributed by atoms with Crippen molar-refractivity contribution >= 4 is 29.4 Å². The van der Waals surface area contributed by atoms with Crippen molar-refractivity contribution in [1.29, 1.82) is 0 Å². The molecule has 0 bridgehead atoms. The highest BCUT2D eigenvalue weighted by Crippen LogP contribution is 2.43. The Morgan fingerprint density at radius 1 is 1.21 bits per heavy atom. The van der Waals surface area contributed by atoms with Gasteiger partial charge in [0.2, 0.25) is 0 Å². The fourth-order valence-electron chi connectivity index (χ4n) is 2.25. The number of anilines is 1. The van der Waals surface area contributed by atoms with Crippen LogP contribution in [0.1, 0.15) is 20.7 Å². The summed E-state index contributed by atoms with van der Waals surface area (Å²) >= 11 is 6.08. The highest BCUT2D eigenvalue weighted by Gasteiger charge is 2.29. The number of nitrogens with two attached hydrogens (primary N) is 1. The van der Waals surface area contributed by atoms with Gasteiger partial charge in [-0.05, 0) is 12.1 Å². The number of H-pyrrole nitrogens is 1. The van der Waals surface area contributed by atoms with Crippen LogP contribution in [-0.4, -0.2) is 39.4 Å². The summed E-state index contributed by atoms with van der Waals surface area (Å²) in [6, 6.07) is 2.28. The molecule has 0 atom stereocenters. The number of aromatic hydroxyl groups is 1. The van der Waals surface area contributed by atoms with Gasteiger partial charge in [0.1, 0.15) is 16.9 Å². The third kappa shape index (κ3) is 2.61. The van der Waals surface area contributed by atoms with Gasteiger partial charge >= 0.3 is 11.9 Å². The molecule has 6 N–H and O–H groups in total. The third-order valence-electron chi connectivity index (χ3n) is 3.22. The molecule has 9 nitrogen and oxygen atoms in total. The molecule has 1 aromatic carbocycles. The first-order valence-electron chi connectivity index (χ1n) is 6.28. The van der Waals surface area contributed by atoms with Gasteiger partial charge in [0, 0.05) is 11.1 Å². The molecular formula is C14H11ClN2O7. The van der Waals surface area contributed by atoms with Gasteiger partial charge in [-0.15, -0.1) is 0 Å². The zero-order valence-electron chi connectivity index (χ0n) is 12.1. The summed E-state index contributed by atoms with van der Waals surface area (Å²) in [4.78, 5) is 36.9. The van der Waals surface area contributed by atoms with Crippen LogP contribution in [-0.2, 0) is 0 Å². The van der Waals surface area contributed by atoms with Gasteiger partial charge in [-0.3, -0.25) is 4.79 Å². The molecule has 0 spiro atoms. The van der Waals surface area contributed by atoms with Crippen molar-refractivity contribution in [1.82, 2.24) is 4.98 Å². The number of carboxylic acids is 2. The molecule has 0 aliphatic rings. The maximum atomic E-state index is 12.0. The minimum atomic E-state index is -1.67. The summed E-state index contributed by atoms with van der Waals surface area (Å²) in [6.07, 6.45) is 0. The number of hydrogen-bond acceptors (Lipinski definition) is 6. The number of rotatable bonds is 4. The Balaban J connectivity index is 3.06. The maximum Gasteiger partial charge on any atom is 0.342 e. The first kappa shape index (κ1) is 17.2. The van der Waals surface area contributed by atoms with E-state index in [0.717, 1.165) is 12.1 Å². The number of carboxylic acid groups (broad SMARTS) is 2. The van der Waals surface area contributed by atoms with Crippen LogP contribution in [0.15, 0.2) is 16.9 Å². The molecule has 0 radical (unpaired) electrons. The van der Waals surface area contributed by atoms with E-state index in [2.05, 4.69) is 0 Å². The lowest BCUT2D eigenvalue weighted by molar-refractivity contribution is 0.0695. The number of carbonyl (C=O) groups is 2. The first-order valence-corrected chi connectivity index (χ1v) is 6.66. The van der Waals surface area contributed by atoms with Crippen LogP contribution in [0.5, 0.6) is 11.5 Å². The van der Waals surface area contributed by atoms with Crippen LogP contribution in [0, 0.1) is 0 Å². The fourth-order valence-corrected chi connectivity index (χ4v) is 2.58. The Hall–Kier alpha value is -3.20. The summed E-state index contributed by atoms with van der Waals surface area (Å²) in [5.41, 5.74) is 2.32. The second-order valence-corrected chi connectivity index (χ2v) is 4.96. The van der Waals surface area contributed by atoms with E-state index < -0.39 is 40.0 Å². The Morgan fingerprint density at radius 2 is 1.79 bits per heavy atom. The van der Waals surface area contributed by atoms with Crippen LogP contribution in [0.2, 0.25) is 5.02 Å². The normalized spacial score (nSPS) is 10.4. The van der Waals surface area contributed by atoms with Gasteiger partial charge in [0.25, 0.3) is 5.56 Å². The van der Waals surface area contributed by atoms with E-state index in [9.17, 15) is 29.7 Å². The number of ether oxygens (including phenoxy) is 1. The summed E-state index contributed by atoms with van der Waals surface area (Å²) in [6.45, 7) is 0. The van der Waals surface area contributed by atoms with Crippen molar-refractivity contribution in [3.63, 3.8) is 0 Å². The van der Waals surface area contributed by atoms with Crippen LogP contribution >= 0.6 is 11.6 Å². The highest BCUT2D eigenvalue weighted by molar-refractivity contribution is 6.35.